The van der Waals surface area contributed by atoms with Crippen molar-refractivity contribution in [1.29, 1.82) is 0 Å². The van der Waals surface area contributed by atoms with Crippen molar-refractivity contribution in [1.82, 2.24) is 4.90 Å². The van der Waals surface area contributed by atoms with Crippen LogP contribution >= 0.6 is 0 Å². The lowest BCUT2D eigenvalue weighted by Gasteiger charge is -2.34. The van der Waals surface area contributed by atoms with Gasteiger partial charge in [0.1, 0.15) is 5.82 Å². The molecule has 1 atom stereocenters. The van der Waals surface area contributed by atoms with Gasteiger partial charge in [0.15, 0.2) is 0 Å². The second-order valence-corrected chi connectivity index (χ2v) is 5.56. The van der Waals surface area contributed by atoms with Gasteiger partial charge in [0.05, 0.1) is 17.4 Å². The Bertz CT molecular complexity index is 502. The molecule has 0 bridgehead atoms. The largest absolute Gasteiger partial charge is 0.397 e. The summed E-state index contributed by atoms with van der Waals surface area (Å²) in [4.78, 5) is 14.3. The minimum Gasteiger partial charge on any atom is -0.397 e. The van der Waals surface area contributed by atoms with Crippen molar-refractivity contribution >= 4 is 17.3 Å². The summed E-state index contributed by atoms with van der Waals surface area (Å²) in [6.07, 6.45) is 1.79. The lowest BCUT2D eigenvalue weighted by molar-refractivity contribution is -0.121. The van der Waals surface area contributed by atoms with Crippen molar-refractivity contribution in [3.8, 4) is 0 Å². The summed E-state index contributed by atoms with van der Waals surface area (Å²) in [5.41, 5.74) is 6.33. The van der Waals surface area contributed by atoms with Gasteiger partial charge in [-0.1, -0.05) is 0 Å². The van der Waals surface area contributed by atoms with E-state index in [2.05, 4.69) is 10.2 Å². The number of aliphatic hydroxyl groups excluding tert-OH is 1. The molecule has 0 saturated carbocycles. The van der Waals surface area contributed by atoms with Crippen molar-refractivity contribution in [3.63, 3.8) is 0 Å². The van der Waals surface area contributed by atoms with Crippen LogP contribution in [0.15, 0.2) is 18.2 Å². The second kappa shape index (κ2) is 6.87. The van der Waals surface area contributed by atoms with Crippen LogP contribution in [-0.2, 0) is 4.79 Å². The van der Waals surface area contributed by atoms with Gasteiger partial charge in [-0.3, -0.25) is 9.69 Å². The van der Waals surface area contributed by atoms with Gasteiger partial charge in [-0.15, -0.1) is 0 Å². The van der Waals surface area contributed by atoms with Gasteiger partial charge >= 0.3 is 0 Å². The predicted molar refractivity (Wildman–Crippen MR) is 80.3 cm³/mol. The first-order valence-electron chi connectivity index (χ1n) is 7.22. The van der Waals surface area contributed by atoms with Crippen LogP contribution in [0, 0.1) is 11.7 Å². The summed E-state index contributed by atoms with van der Waals surface area (Å²) in [5.74, 6) is -0.246. The van der Waals surface area contributed by atoms with E-state index in [1.165, 1.54) is 18.2 Å². The highest BCUT2D eigenvalue weighted by molar-refractivity contribution is 5.97. The average molecular weight is 295 g/mol. The number of carbonyl (C=O) groups excluding carboxylic acids is 1. The Kier molecular flexibility index (Phi) is 5.14. The van der Waals surface area contributed by atoms with Crippen molar-refractivity contribution in [2.75, 3.05) is 30.7 Å². The molecule has 4 N–H and O–H groups in total. The quantitative estimate of drug-likeness (QED) is 0.734. The summed E-state index contributed by atoms with van der Waals surface area (Å²) in [6, 6.07) is 3.64. The van der Waals surface area contributed by atoms with Gasteiger partial charge in [-0.25, -0.2) is 4.39 Å². The van der Waals surface area contributed by atoms with Crippen LogP contribution in [-0.4, -0.2) is 41.7 Å². The van der Waals surface area contributed by atoms with Gasteiger partial charge < -0.3 is 16.2 Å². The van der Waals surface area contributed by atoms with Gasteiger partial charge in [-0.2, -0.15) is 0 Å². The number of hydrogen-bond acceptors (Lipinski definition) is 4. The van der Waals surface area contributed by atoms with E-state index < -0.39 is 5.82 Å². The standard InChI is InChI=1S/C15H22FN3O2/c1-10(19-6-4-11(9-20)5-7-19)15(21)18-14-3-2-12(16)8-13(14)17/h2-3,8,10-11,20H,4-7,9,17H2,1H3,(H,18,21). The molecule has 0 aliphatic carbocycles. The van der Waals surface area contributed by atoms with E-state index in [0.717, 1.165) is 25.9 Å². The number of likely N-dealkylation sites (tertiary alicyclic amines) is 1. The normalized spacial score (nSPS) is 18.4. The predicted octanol–water partition coefficient (Wildman–Crippen LogP) is 1.44. The number of nitrogens with zero attached hydrogens (tertiary/aromatic N) is 1. The molecular formula is C15H22FN3O2. The molecule has 1 unspecified atom stereocenters. The fraction of sp³-hybridized carbons (Fsp3) is 0.533. The molecule has 1 amide bonds. The molecule has 6 heteroatoms. The fourth-order valence-electron chi connectivity index (χ4n) is 2.57. The molecule has 0 aromatic heterocycles. The van der Waals surface area contributed by atoms with Gasteiger partial charge in [-0.05, 0) is 57.0 Å². The third kappa shape index (κ3) is 3.92. The van der Waals surface area contributed by atoms with Crippen molar-refractivity contribution < 1.29 is 14.3 Å². The Morgan fingerprint density at radius 3 is 2.76 bits per heavy atom. The molecule has 1 aromatic carbocycles. The Labute approximate surface area is 123 Å². The Balaban J connectivity index is 1.93. The van der Waals surface area contributed by atoms with Crippen molar-refractivity contribution in [2.24, 2.45) is 5.92 Å². The number of anilines is 2. The molecule has 1 aliphatic rings. The maximum atomic E-state index is 13.0. The summed E-state index contributed by atoms with van der Waals surface area (Å²) in [5, 5.41) is 11.9. The Morgan fingerprint density at radius 2 is 2.19 bits per heavy atom. The molecule has 21 heavy (non-hydrogen) atoms. The number of amides is 1. The van der Waals surface area contributed by atoms with Crippen molar-refractivity contribution in [3.05, 3.63) is 24.0 Å². The van der Waals surface area contributed by atoms with E-state index in [4.69, 9.17) is 10.8 Å². The maximum absolute atomic E-state index is 13.0. The monoisotopic (exact) mass is 295 g/mol. The number of halogens is 1. The number of piperidine rings is 1. The zero-order valence-electron chi connectivity index (χ0n) is 12.2. The third-order valence-corrected chi connectivity index (χ3v) is 4.11. The summed E-state index contributed by atoms with van der Waals surface area (Å²) in [7, 11) is 0. The van der Waals surface area contributed by atoms with Crippen LogP contribution in [0.3, 0.4) is 0 Å². The second-order valence-electron chi connectivity index (χ2n) is 5.56. The molecule has 1 aromatic rings. The van der Waals surface area contributed by atoms with E-state index in [9.17, 15) is 9.18 Å². The first-order valence-corrected chi connectivity index (χ1v) is 7.22. The molecule has 0 radical (unpaired) electrons. The zero-order chi connectivity index (χ0) is 15.4. The van der Waals surface area contributed by atoms with Gasteiger partial charge in [0.2, 0.25) is 5.91 Å². The number of nitrogens with two attached hydrogens (primary N) is 1. The minimum absolute atomic E-state index is 0.157. The Hall–Kier alpha value is -1.66. The van der Waals surface area contributed by atoms with Crippen LogP contribution in [0.1, 0.15) is 19.8 Å². The fourth-order valence-corrected chi connectivity index (χ4v) is 2.57. The molecule has 5 nitrogen and oxygen atoms in total. The average Bonchev–Trinajstić information content (AvgIpc) is 2.49. The molecule has 1 aliphatic heterocycles. The number of rotatable bonds is 4. The highest BCUT2D eigenvalue weighted by Gasteiger charge is 2.26. The molecule has 1 heterocycles. The third-order valence-electron chi connectivity index (χ3n) is 4.11. The highest BCUT2D eigenvalue weighted by atomic mass is 19.1. The summed E-state index contributed by atoms with van der Waals surface area (Å²) in [6.45, 7) is 3.63. The van der Waals surface area contributed by atoms with E-state index in [1.807, 2.05) is 6.92 Å². The number of aliphatic hydroxyl groups is 1. The maximum Gasteiger partial charge on any atom is 0.241 e. The molecule has 2 rings (SSSR count). The van der Waals surface area contributed by atoms with E-state index in [1.54, 1.807) is 0 Å². The molecule has 116 valence electrons. The lowest BCUT2D eigenvalue weighted by Crippen LogP contribution is -2.46. The van der Waals surface area contributed by atoms with Crippen LogP contribution in [0.5, 0.6) is 0 Å². The number of hydrogen-bond donors (Lipinski definition) is 3. The number of carbonyl (C=O) groups is 1. The van der Waals surface area contributed by atoms with E-state index >= 15 is 0 Å². The highest BCUT2D eigenvalue weighted by Crippen LogP contribution is 2.21. The molecule has 1 saturated heterocycles. The summed E-state index contributed by atoms with van der Waals surface area (Å²) < 4.78 is 13.0. The minimum atomic E-state index is -0.426. The van der Waals surface area contributed by atoms with Gasteiger partial charge in [0, 0.05) is 6.61 Å². The number of benzene rings is 1. The first kappa shape index (κ1) is 15.7. The topological polar surface area (TPSA) is 78.6 Å². The molecule has 0 spiro atoms. The smallest absolute Gasteiger partial charge is 0.241 e. The molecular weight excluding hydrogens is 273 g/mol. The first-order chi connectivity index (χ1) is 10.0. The lowest BCUT2D eigenvalue weighted by atomic mass is 9.97. The van der Waals surface area contributed by atoms with Crippen molar-refractivity contribution in [2.45, 2.75) is 25.8 Å². The number of nitrogens with one attached hydrogen (secondary N) is 1. The number of nitrogen functional groups attached to an aromatic ring is 1. The van der Waals surface area contributed by atoms with Gasteiger partial charge in [0.25, 0.3) is 0 Å². The zero-order valence-corrected chi connectivity index (χ0v) is 12.2. The van der Waals surface area contributed by atoms with E-state index in [0.29, 0.717) is 11.6 Å². The molecule has 1 fully saturated rings. The van der Waals surface area contributed by atoms with Crippen LogP contribution in [0.2, 0.25) is 0 Å². The van der Waals surface area contributed by atoms with Crippen LogP contribution in [0.4, 0.5) is 15.8 Å². The van der Waals surface area contributed by atoms with Crippen LogP contribution in [0.25, 0.3) is 0 Å². The van der Waals surface area contributed by atoms with E-state index in [-0.39, 0.29) is 24.2 Å². The summed E-state index contributed by atoms with van der Waals surface area (Å²) >= 11 is 0. The van der Waals surface area contributed by atoms with Crippen LogP contribution < -0.4 is 11.1 Å². The Morgan fingerprint density at radius 1 is 1.52 bits per heavy atom. The SMILES string of the molecule is CC(C(=O)Nc1ccc(F)cc1N)N1CCC(CO)CC1.